The maximum absolute atomic E-state index is 14.6. The zero-order chi connectivity index (χ0) is 24.1. The summed E-state index contributed by atoms with van der Waals surface area (Å²) in [5, 5.41) is 0. The lowest BCUT2D eigenvalue weighted by atomic mass is 9.82. The van der Waals surface area contributed by atoms with Crippen molar-refractivity contribution in [3.63, 3.8) is 0 Å². The molecule has 0 bridgehead atoms. The lowest BCUT2D eigenvalue weighted by molar-refractivity contribution is -0.169. The van der Waals surface area contributed by atoms with Crippen LogP contribution in [-0.4, -0.2) is 58.2 Å². The van der Waals surface area contributed by atoms with Gasteiger partial charge in [0.1, 0.15) is 6.54 Å². The number of pyridine rings is 1. The van der Waals surface area contributed by atoms with Crippen molar-refractivity contribution in [2.75, 3.05) is 24.5 Å². The van der Waals surface area contributed by atoms with Crippen LogP contribution >= 0.6 is 0 Å². The number of hydrogen-bond donors (Lipinski definition) is 0. The number of nitrogens with zero attached hydrogens (tertiary/aromatic N) is 4. The monoisotopic (exact) mass is 464 g/mol. The van der Waals surface area contributed by atoms with Crippen LogP contribution in [0.2, 0.25) is 0 Å². The van der Waals surface area contributed by atoms with Crippen LogP contribution in [0.15, 0.2) is 36.5 Å². The van der Waals surface area contributed by atoms with E-state index in [1.165, 1.54) is 34.2 Å². The van der Waals surface area contributed by atoms with Crippen LogP contribution in [0, 0.1) is 12.7 Å². The Morgan fingerprint density at radius 3 is 2.33 bits per heavy atom. The van der Waals surface area contributed by atoms with Gasteiger partial charge in [0, 0.05) is 6.20 Å². The normalized spacial score (nSPS) is 19.0. The molecule has 2 saturated heterocycles. The second-order valence-electron chi connectivity index (χ2n) is 8.31. The zero-order valence-corrected chi connectivity index (χ0v) is 17.8. The van der Waals surface area contributed by atoms with Crippen molar-refractivity contribution < 1.29 is 31.9 Å². The first-order valence-electron chi connectivity index (χ1n) is 10.1. The van der Waals surface area contributed by atoms with Crippen molar-refractivity contribution in [1.29, 1.82) is 0 Å². The number of halogens is 4. The van der Waals surface area contributed by atoms with Gasteiger partial charge in [-0.1, -0.05) is 12.1 Å². The largest absolute Gasteiger partial charge is 0.416 e. The number of carbonyl (C=O) groups is 3. The summed E-state index contributed by atoms with van der Waals surface area (Å²) in [6, 6.07) is 4.75. The van der Waals surface area contributed by atoms with E-state index in [9.17, 15) is 31.9 Å². The van der Waals surface area contributed by atoms with E-state index in [-0.39, 0.29) is 18.9 Å². The number of amides is 3. The smallest absolute Gasteiger partial charge is 0.339 e. The van der Waals surface area contributed by atoms with Crippen LogP contribution in [-0.2, 0) is 20.6 Å². The molecule has 2 fully saturated rings. The molecule has 0 radical (unpaired) electrons. The Balaban J connectivity index is 1.71. The van der Waals surface area contributed by atoms with E-state index in [2.05, 4.69) is 4.98 Å². The van der Waals surface area contributed by atoms with Crippen molar-refractivity contribution in [2.24, 2.45) is 0 Å². The number of anilines is 1. The number of piperazine rings is 1. The van der Waals surface area contributed by atoms with Crippen LogP contribution in [0.25, 0.3) is 0 Å². The Kier molecular flexibility index (Phi) is 5.38. The Bertz CT molecular complexity index is 1110. The van der Waals surface area contributed by atoms with Gasteiger partial charge in [-0.2, -0.15) is 13.2 Å². The van der Waals surface area contributed by atoms with Crippen molar-refractivity contribution in [3.8, 4) is 0 Å². The Labute approximate surface area is 186 Å². The Hall–Kier alpha value is -3.50. The third kappa shape index (κ3) is 3.70. The van der Waals surface area contributed by atoms with Crippen molar-refractivity contribution in [2.45, 2.75) is 31.6 Å². The van der Waals surface area contributed by atoms with Crippen LogP contribution < -0.4 is 4.90 Å². The molecule has 0 N–H and O–H groups in total. The molecule has 0 unspecified atom stereocenters. The van der Waals surface area contributed by atoms with Crippen LogP contribution in [0.4, 0.5) is 23.4 Å². The van der Waals surface area contributed by atoms with Gasteiger partial charge < -0.3 is 9.80 Å². The lowest BCUT2D eigenvalue weighted by Crippen LogP contribution is -2.80. The second kappa shape index (κ2) is 7.82. The minimum absolute atomic E-state index is 0.115. The molecule has 3 heterocycles. The summed E-state index contributed by atoms with van der Waals surface area (Å²) in [7, 11) is 0. The van der Waals surface area contributed by atoms with E-state index in [0.717, 1.165) is 17.0 Å². The van der Waals surface area contributed by atoms with Crippen LogP contribution in [0.5, 0.6) is 0 Å². The Morgan fingerprint density at radius 1 is 1.15 bits per heavy atom. The van der Waals surface area contributed by atoms with Gasteiger partial charge in [0.25, 0.3) is 5.91 Å². The van der Waals surface area contributed by atoms with E-state index in [1.807, 2.05) is 0 Å². The number of benzene rings is 1. The van der Waals surface area contributed by atoms with E-state index in [1.54, 1.807) is 13.8 Å². The summed E-state index contributed by atoms with van der Waals surface area (Å²) in [5.41, 5.74) is -1.38. The lowest BCUT2D eigenvalue weighted by Gasteiger charge is -2.58. The van der Waals surface area contributed by atoms with E-state index in [4.69, 9.17) is 0 Å². The molecule has 1 atom stereocenters. The molecule has 2 aliphatic rings. The maximum Gasteiger partial charge on any atom is 0.416 e. The van der Waals surface area contributed by atoms with Crippen LogP contribution in [0.3, 0.4) is 0 Å². The van der Waals surface area contributed by atoms with Gasteiger partial charge in [-0.3, -0.25) is 19.3 Å². The number of aromatic nitrogens is 1. The van der Waals surface area contributed by atoms with Crippen LogP contribution in [0.1, 0.15) is 29.7 Å². The van der Waals surface area contributed by atoms with Gasteiger partial charge in [-0.05, 0) is 43.2 Å². The Morgan fingerprint density at radius 2 is 1.79 bits per heavy atom. The number of rotatable bonds is 4. The first-order valence-corrected chi connectivity index (χ1v) is 10.1. The summed E-state index contributed by atoms with van der Waals surface area (Å²) in [6.07, 6.45) is -2.60. The molecule has 3 amide bonds. The van der Waals surface area contributed by atoms with Gasteiger partial charge in [0.05, 0.1) is 24.7 Å². The minimum atomic E-state index is -4.51. The molecule has 0 saturated carbocycles. The summed E-state index contributed by atoms with van der Waals surface area (Å²) in [6.45, 7) is 2.51. The van der Waals surface area contributed by atoms with Crippen molar-refractivity contribution >= 4 is 24.0 Å². The predicted octanol–water partition coefficient (Wildman–Crippen LogP) is 2.70. The van der Waals surface area contributed by atoms with Gasteiger partial charge in [-0.15, -0.1) is 0 Å². The standard InChI is InChI=1S/C22H20F4N4O3/c1-13-7-17(23)19(27-8-13)29-9-18(32)30(21(20(29)33)10-28(11-21)12-31)14(2)15-3-5-16(6-4-15)22(24,25)26/h3-8,12,14H,9-11H2,1-2H3/t14-/m0/s1. The third-order valence-corrected chi connectivity index (χ3v) is 6.07. The SMILES string of the molecule is Cc1cnc(N2CC(=O)N([C@@H](C)c3ccc(C(F)(F)F)cc3)C3(CN(C=O)C3)C2=O)c(F)c1. The highest BCUT2D eigenvalue weighted by molar-refractivity contribution is 6.10. The molecular formula is C22H20F4N4O3. The highest BCUT2D eigenvalue weighted by atomic mass is 19.4. The fraction of sp³-hybridized carbons (Fsp3) is 0.364. The topological polar surface area (TPSA) is 73.8 Å². The predicted molar refractivity (Wildman–Crippen MR) is 108 cm³/mol. The molecular weight excluding hydrogens is 444 g/mol. The first-order chi connectivity index (χ1) is 15.5. The average molecular weight is 464 g/mol. The molecule has 1 aromatic carbocycles. The molecule has 174 valence electrons. The summed E-state index contributed by atoms with van der Waals surface area (Å²) in [4.78, 5) is 45.6. The molecule has 0 aliphatic carbocycles. The fourth-order valence-corrected chi connectivity index (χ4v) is 4.45. The minimum Gasteiger partial charge on any atom is -0.339 e. The molecule has 33 heavy (non-hydrogen) atoms. The molecule has 7 nitrogen and oxygen atoms in total. The number of alkyl halides is 3. The molecule has 2 aliphatic heterocycles. The van der Waals surface area contributed by atoms with Gasteiger partial charge in [0.2, 0.25) is 12.3 Å². The molecule has 1 aromatic heterocycles. The fourth-order valence-electron chi connectivity index (χ4n) is 4.45. The molecule has 4 rings (SSSR count). The second-order valence-corrected chi connectivity index (χ2v) is 8.31. The zero-order valence-electron chi connectivity index (χ0n) is 17.8. The number of hydrogen-bond acceptors (Lipinski definition) is 4. The van der Waals surface area contributed by atoms with E-state index < -0.39 is 47.5 Å². The molecule has 11 heteroatoms. The summed E-state index contributed by atoms with van der Waals surface area (Å²) >= 11 is 0. The van der Waals surface area contributed by atoms with Crippen molar-refractivity contribution in [3.05, 3.63) is 59.0 Å². The van der Waals surface area contributed by atoms with Gasteiger partial charge in [-0.25, -0.2) is 9.37 Å². The number of aryl methyl sites for hydroxylation is 1. The highest BCUT2D eigenvalue weighted by Crippen LogP contribution is 2.40. The van der Waals surface area contributed by atoms with Gasteiger partial charge >= 0.3 is 6.18 Å². The molecule has 1 spiro atoms. The number of carbonyl (C=O) groups excluding carboxylic acids is 3. The van der Waals surface area contributed by atoms with Gasteiger partial charge in [0.15, 0.2) is 17.2 Å². The average Bonchev–Trinajstić information content (AvgIpc) is 2.72. The third-order valence-electron chi connectivity index (χ3n) is 6.07. The molecule has 2 aromatic rings. The summed E-state index contributed by atoms with van der Waals surface area (Å²) in [5.74, 6) is -2.18. The summed E-state index contributed by atoms with van der Waals surface area (Å²) < 4.78 is 53.4. The maximum atomic E-state index is 14.6. The first kappa shape index (κ1) is 22.7. The highest BCUT2D eigenvalue weighted by Gasteiger charge is 2.61. The number of likely N-dealkylation sites (tertiary alicyclic amines) is 1. The van der Waals surface area contributed by atoms with Crippen molar-refractivity contribution in [1.82, 2.24) is 14.8 Å². The van der Waals surface area contributed by atoms with E-state index >= 15 is 0 Å². The quantitative estimate of drug-likeness (QED) is 0.515. The van der Waals surface area contributed by atoms with E-state index in [0.29, 0.717) is 17.5 Å².